The zero-order valence-corrected chi connectivity index (χ0v) is 20.0. The number of ether oxygens (including phenoxy) is 1. The van der Waals surface area contributed by atoms with Crippen LogP contribution >= 0.6 is 0 Å². The number of nitrogens with two attached hydrogens (primary N) is 1. The van der Waals surface area contributed by atoms with Gasteiger partial charge in [0.2, 0.25) is 0 Å². The number of nitrogens with zero attached hydrogens (tertiary/aromatic N) is 4. The van der Waals surface area contributed by atoms with Crippen molar-refractivity contribution < 1.29 is 14.3 Å². The molecule has 9 heteroatoms. The van der Waals surface area contributed by atoms with Crippen molar-refractivity contribution in [3.8, 4) is 17.1 Å². The van der Waals surface area contributed by atoms with Crippen molar-refractivity contribution in [2.45, 2.75) is 20.3 Å². The summed E-state index contributed by atoms with van der Waals surface area (Å²) in [4.78, 5) is 39.9. The maximum Gasteiger partial charge on any atom is 0.277 e. The van der Waals surface area contributed by atoms with Gasteiger partial charge in [-0.25, -0.2) is 4.68 Å². The number of fused-ring (bicyclic) bond motifs is 1. The standard InChI is InChI=1S/C27H25N5O4/c1-3-36-21-12-10-20(11-13-21)32-24-22(23(29-32)25(28)33)14-16-31(27(24)35)19-8-6-18(7-9-19)30-15-4-5-17(2)26(30)34/h4-13,15H,3,14,16H2,1-2H3,(H2,28,33). The molecule has 9 nitrogen and oxygen atoms in total. The van der Waals surface area contributed by atoms with E-state index in [9.17, 15) is 14.4 Å². The zero-order valence-electron chi connectivity index (χ0n) is 20.0. The lowest BCUT2D eigenvalue weighted by Gasteiger charge is -2.28. The molecule has 0 spiro atoms. The number of carbonyl (C=O) groups excluding carboxylic acids is 2. The highest BCUT2D eigenvalue weighted by atomic mass is 16.5. The van der Waals surface area contributed by atoms with E-state index in [1.54, 1.807) is 77.2 Å². The van der Waals surface area contributed by atoms with Crippen molar-refractivity contribution in [2.24, 2.45) is 5.73 Å². The fraction of sp³-hybridized carbons (Fsp3) is 0.185. The summed E-state index contributed by atoms with van der Waals surface area (Å²) in [6, 6.07) is 17.9. The van der Waals surface area contributed by atoms with Crippen LogP contribution in [0.15, 0.2) is 71.7 Å². The average Bonchev–Trinajstić information content (AvgIpc) is 3.28. The van der Waals surface area contributed by atoms with Crippen LogP contribution in [-0.4, -0.2) is 39.3 Å². The summed E-state index contributed by atoms with van der Waals surface area (Å²) < 4.78 is 8.54. The second-order valence-corrected chi connectivity index (χ2v) is 8.47. The highest BCUT2D eigenvalue weighted by Crippen LogP contribution is 2.29. The van der Waals surface area contributed by atoms with E-state index < -0.39 is 5.91 Å². The van der Waals surface area contributed by atoms with Crippen molar-refractivity contribution in [1.29, 1.82) is 0 Å². The summed E-state index contributed by atoms with van der Waals surface area (Å²) >= 11 is 0. The van der Waals surface area contributed by atoms with Crippen LogP contribution in [-0.2, 0) is 6.42 Å². The molecule has 0 saturated carbocycles. The summed E-state index contributed by atoms with van der Waals surface area (Å²) in [7, 11) is 0. The fourth-order valence-corrected chi connectivity index (χ4v) is 4.44. The van der Waals surface area contributed by atoms with E-state index in [0.29, 0.717) is 59.2 Å². The van der Waals surface area contributed by atoms with E-state index in [1.807, 2.05) is 13.0 Å². The molecule has 182 valence electrons. The van der Waals surface area contributed by atoms with Gasteiger partial charge in [0.1, 0.15) is 11.4 Å². The first-order valence-corrected chi connectivity index (χ1v) is 11.6. The van der Waals surface area contributed by atoms with Crippen molar-refractivity contribution in [3.05, 3.63) is 99.7 Å². The average molecular weight is 484 g/mol. The van der Waals surface area contributed by atoms with Crippen LogP contribution in [0.4, 0.5) is 5.69 Å². The SMILES string of the molecule is CCOc1ccc(-n2nc(C(N)=O)c3c2C(=O)N(c2ccc(-n4cccc(C)c4=O)cc2)CC3)cc1. The maximum absolute atomic E-state index is 13.7. The molecule has 0 fully saturated rings. The second-order valence-electron chi connectivity index (χ2n) is 8.47. The number of primary amides is 1. The van der Waals surface area contributed by atoms with Gasteiger partial charge >= 0.3 is 0 Å². The largest absolute Gasteiger partial charge is 0.494 e. The number of anilines is 1. The van der Waals surface area contributed by atoms with Crippen LogP contribution in [0.25, 0.3) is 11.4 Å². The Morgan fingerprint density at radius 1 is 1.00 bits per heavy atom. The Balaban J connectivity index is 1.52. The molecule has 4 aromatic rings. The Labute approximate surface area is 207 Å². The number of hydrogen-bond donors (Lipinski definition) is 1. The molecule has 0 aliphatic carbocycles. The minimum absolute atomic E-state index is 0.0952. The molecular weight excluding hydrogens is 458 g/mol. The topological polar surface area (TPSA) is 112 Å². The third-order valence-corrected chi connectivity index (χ3v) is 6.22. The number of aryl methyl sites for hydroxylation is 1. The Morgan fingerprint density at radius 2 is 1.67 bits per heavy atom. The highest BCUT2D eigenvalue weighted by Gasteiger charge is 2.34. The van der Waals surface area contributed by atoms with Gasteiger partial charge in [-0.15, -0.1) is 0 Å². The number of rotatable bonds is 6. The summed E-state index contributed by atoms with van der Waals surface area (Å²) in [5.74, 6) is -0.270. The number of aromatic nitrogens is 3. The van der Waals surface area contributed by atoms with Crippen LogP contribution < -0.4 is 20.9 Å². The molecule has 2 aromatic carbocycles. The Hall–Kier alpha value is -4.66. The molecule has 36 heavy (non-hydrogen) atoms. The monoisotopic (exact) mass is 483 g/mol. The number of carbonyl (C=O) groups is 2. The van der Waals surface area contributed by atoms with Gasteiger partial charge in [-0.05, 0) is 74.9 Å². The van der Waals surface area contributed by atoms with Gasteiger partial charge in [-0.2, -0.15) is 5.10 Å². The normalized spacial score (nSPS) is 12.9. The molecular formula is C27H25N5O4. The van der Waals surface area contributed by atoms with E-state index in [0.717, 1.165) is 0 Å². The van der Waals surface area contributed by atoms with Crippen LogP contribution in [0, 0.1) is 6.92 Å². The van der Waals surface area contributed by atoms with Gasteiger partial charge in [0, 0.05) is 35.2 Å². The minimum atomic E-state index is -0.676. The first-order chi connectivity index (χ1) is 17.4. The zero-order chi connectivity index (χ0) is 25.4. The second kappa shape index (κ2) is 9.18. The molecule has 2 amide bonds. The quantitative estimate of drug-likeness (QED) is 0.453. The number of hydrogen-bond acceptors (Lipinski definition) is 5. The van der Waals surface area contributed by atoms with Crippen molar-refractivity contribution in [1.82, 2.24) is 14.3 Å². The third kappa shape index (κ3) is 3.94. The lowest BCUT2D eigenvalue weighted by Crippen LogP contribution is -2.39. The van der Waals surface area contributed by atoms with E-state index in [4.69, 9.17) is 10.5 Å². The van der Waals surface area contributed by atoms with Crippen molar-refractivity contribution in [2.75, 3.05) is 18.1 Å². The van der Waals surface area contributed by atoms with Crippen LogP contribution in [0.3, 0.4) is 0 Å². The number of benzene rings is 2. The lowest BCUT2D eigenvalue weighted by molar-refractivity contribution is 0.0972. The summed E-state index contributed by atoms with van der Waals surface area (Å²) in [5.41, 5.74) is 9.08. The summed E-state index contributed by atoms with van der Waals surface area (Å²) in [6.45, 7) is 4.57. The predicted octanol–water partition coefficient (Wildman–Crippen LogP) is 3.03. The fourth-order valence-electron chi connectivity index (χ4n) is 4.44. The molecule has 0 atom stereocenters. The van der Waals surface area contributed by atoms with Gasteiger partial charge in [-0.3, -0.25) is 19.0 Å². The van der Waals surface area contributed by atoms with Gasteiger partial charge in [0.05, 0.1) is 12.3 Å². The Morgan fingerprint density at radius 3 is 2.33 bits per heavy atom. The summed E-state index contributed by atoms with van der Waals surface area (Å²) in [6.07, 6.45) is 2.14. The maximum atomic E-state index is 13.7. The summed E-state index contributed by atoms with van der Waals surface area (Å²) in [5, 5.41) is 4.40. The van der Waals surface area contributed by atoms with E-state index in [1.165, 1.54) is 4.68 Å². The molecule has 1 aliphatic heterocycles. The van der Waals surface area contributed by atoms with Crippen molar-refractivity contribution >= 4 is 17.5 Å². The Kier molecular flexibility index (Phi) is 5.89. The van der Waals surface area contributed by atoms with E-state index >= 15 is 0 Å². The number of pyridine rings is 1. The first kappa shape index (κ1) is 23.1. The van der Waals surface area contributed by atoms with E-state index in [-0.39, 0.29) is 17.2 Å². The third-order valence-electron chi connectivity index (χ3n) is 6.22. The highest BCUT2D eigenvalue weighted by molar-refractivity contribution is 6.09. The van der Waals surface area contributed by atoms with Crippen molar-refractivity contribution in [3.63, 3.8) is 0 Å². The molecule has 5 rings (SSSR count). The van der Waals surface area contributed by atoms with Crippen LogP contribution in [0.2, 0.25) is 0 Å². The molecule has 2 N–H and O–H groups in total. The first-order valence-electron chi connectivity index (χ1n) is 11.6. The molecule has 0 saturated heterocycles. The predicted molar refractivity (Wildman–Crippen MR) is 135 cm³/mol. The minimum Gasteiger partial charge on any atom is -0.494 e. The van der Waals surface area contributed by atoms with Gasteiger partial charge in [0.25, 0.3) is 17.4 Å². The van der Waals surface area contributed by atoms with Crippen LogP contribution in [0.1, 0.15) is 39.0 Å². The molecule has 0 bridgehead atoms. The lowest BCUT2D eigenvalue weighted by atomic mass is 10.0. The van der Waals surface area contributed by atoms with Crippen LogP contribution in [0.5, 0.6) is 5.75 Å². The van der Waals surface area contributed by atoms with E-state index in [2.05, 4.69) is 5.10 Å². The van der Waals surface area contributed by atoms with Gasteiger partial charge < -0.3 is 15.4 Å². The molecule has 2 aromatic heterocycles. The molecule has 0 unspecified atom stereocenters. The Bertz CT molecular complexity index is 1520. The smallest absolute Gasteiger partial charge is 0.277 e. The van der Waals surface area contributed by atoms with Gasteiger partial charge in [0.15, 0.2) is 5.69 Å². The molecule has 3 heterocycles. The number of amides is 2. The van der Waals surface area contributed by atoms with Gasteiger partial charge in [-0.1, -0.05) is 6.07 Å². The molecule has 0 radical (unpaired) electrons. The molecule has 1 aliphatic rings.